The van der Waals surface area contributed by atoms with E-state index in [1.54, 1.807) is 71.0 Å². The van der Waals surface area contributed by atoms with E-state index in [4.69, 9.17) is 28.4 Å². The minimum atomic E-state index is -1.77. The summed E-state index contributed by atoms with van der Waals surface area (Å²) in [6.45, 7) is 23.6. The van der Waals surface area contributed by atoms with E-state index < -0.39 is 106 Å². The van der Waals surface area contributed by atoms with Crippen molar-refractivity contribution in [3.8, 4) is 0 Å². The lowest BCUT2D eigenvalue weighted by atomic mass is 9.43. The lowest BCUT2D eigenvalue weighted by molar-refractivity contribution is -0.361. The second-order valence-corrected chi connectivity index (χ2v) is 19.7. The highest BCUT2D eigenvalue weighted by Crippen LogP contribution is 2.72. The van der Waals surface area contributed by atoms with Crippen LogP contribution in [-0.2, 0) is 38.0 Å². The van der Waals surface area contributed by atoms with Gasteiger partial charge in [-0.25, -0.2) is 14.4 Å². The Balaban J connectivity index is 1.52. The molecule has 1 amide bonds. The molecule has 13 atom stereocenters. The number of hydrogen-bond acceptors (Lipinski definition) is 12. The Hall–Kier alpha value is -3.78. The molecule has 1 heterocycles. The van der Waals surface area contributed by atoms with Gasteiger partial charge in [0.05, 0.1) is 34.8 Å². The second-order valence-electron chi connectivity index (χ2n) is 19.7. The van der Waals surface area contributed by atoms with Gasteiger partial charge in [-0.15, -0.1) is 0 Å². The SMILES string of the molecule is C=CC1O[C@H]2C[C@H]3CC[C@@]3(OC(C)=O)[C@H]3[C@H](OC(=O)c4ccccc4)[C@]4(C(C)(C)O)CC(OC(=O)[C@H](O)C(CC(C)C)NC(=O)OC(C)(C)C)C(C)=C4[C@H](C)[C@H](O1)[C@]23C. The minimum absolute atomic E-state index is 0.0222. The van der Waals surface area contributed by atoms with Crippen LogP contribution in [-0.4, -0.2) is 93.9 Å². The van der Waals surface area contributed by atoms with Crippen LogP contribution in [0.5, 0.6) is 0 Å². The fourth-order valence-electron chi connectivity index (χ4n) is 11.6. The summed E-state index contributed by atoms with van der Waals surface area (Å²) in [4.78, 5) is 54.7. The zero-order valence-electron chi connectivity index (χ0n) is 36.5. The highest BCUT2D eigenvalue weighted by molar-refractivity contribution is 5.89. The van der Waals surface area contributed by atoms with E-state index >= 15 is 0 Å². The van der Waals surface area contributed by atoms with Crippen LogP contribution in [0.1, 0.15) is 119 Å². The van der Waals surface area contributed by atoms with E-state index in [1.807, 2.05) is 27.7 Å². The van der Waals surface area contributed by atoms with E-state index in [0.29, 0.717) is 29.6 Å². The van der Waals surface area contributed by atoms with Crippen LogP contribution in [0.3, 0.4) is 0 Å². The van der Waals surface area contributed by atoms with Crippen molar-refractivity contribution in [2.24, 2.45) is 34.5 Å². The number of carbonyl (C=O) groups excluding carboxylic acids is 4. The van der Waals surface area contributed by atoms with Gasteiger partial charge in [0.15, 0.2) is 12.4 Å². The largest absolute Gasteiger partial charge is 0.458 e. The molecule has 59 heavy (non-hydrogen) atoms. The highest BCUT2D eigenvalue weighted by Gasteiger charge is 2.79. The first-order valence-corrected chi connectivity index (χ1v) is 21.1. The number of alkyl carbamates (subject to hydrolysis) is 1. The molecule has 13 heteroatoms. The predicted octanol–water partition coefficient (Wildman–Crippen LogP) is 6.59. The van der Waals surface area contributed by atoms with E-state index in [2.05, 4.69) is 18.8 Å². The van der Waals surface area contributed by atoms with Crippen LogP contribution in [0.2, 0.25) is 0 Å². The van der Waals surface area contributed by atoms with Crippen LogP contribution < -0.4 is 5.32 Å². The number of aliphatic hydroxyl groups excluding tert-OH is 1. The maximum Gasteiger partial charge on any atom is 0.407 e. The zero-order valence-corrected chi connectivity index (χ0v) is 36.5. The average Bonchev–Trinajstić information content (AvgIpc) is 3.39. The first kappa shape index (κ1) is 44.8. The number of aliphatic hydroxyl groups is 2. The molecule has 1 saturated heterocycles. The summed E-state index contributed by atoms with van der Waals surface area (Å²) in [5.41, 5.74) is -4.41. The third-order valence-electron chi connectivity index (χ3n) is 13.9. The van der Waals surface area contributed by atoms with Gasteiger partial charge in [-0.05, 0) is 102 Å². The van der Waals surface area contributed by atoms with Crippen molar-refractivity contribution in [1.29, 1.82) is 0 Å². The van der Waals surface area contributed by atoms with E-state index in [-0.39, 0.29) is 24.7 Å². The molecule has 3 saturated carbocycles. The number of ether oxygens (including phenoxy) is 6. The number of benzene rings is 1. The molecule has 1 aromatic carbocycles. The Morgan fingerprint density at radius 1 is 1.07 bits per heavy atom. The molecule has 0 spiro atoms. The van der Waals surface area contributed by atoms with Gasteiger partial charge in [0.25, 0.3) is 0 Å². The molecule has 6 rings (SSSR count). The van der Waals surface area contributed by atoms with Gasteiger partial charge in [0.2, 0.25) is 0 Å². The van der Waals surface area contributed by atoms with Crippen LogP contribution in [0, 0.1) is 34.5 Å². The van der Waals surface area contributed by atoms with Crippen LogP contribution in [0.4, 0.5) is 4.79 Å². The zero-order chi connectivity index (χ0) is 43.6. The number of rotatable bonds is 11. The van der Waals surface area contributed by atoms with Crippen molar-refractivity contribution in [3.63, 3.8) is 0 Å². The first-order valence-electron chi connectivity index (χ1n) is 21.1. The Labute approximate surface area is 348 Å². The molecule has 0 bridgehead atoms. The molecule has 326 valence electrons. The van der Waals surface area contributed by atoms with Crippen LogP contribution >= 0.6 is 0 Å². The fraction of sp³-hybridized carbons (Fsp3) is 0.696. The Bertz CT molecular complexity index is 1830. The monoisotopic (exact) mass is 823 g/mol. The van der Waals surface area contributed by atoms with Crippen molar-refractivity contribution in [2.75, 3.05) is 0 Å². The third-order valence-corrected chi connectivity index (χ3v) is 13.9. The summed E-state index contributed by atoms with van der Waals surface area (Å²) >= 11 is 0. The lowest BCUT2D eigenvalue weighted by Gasteiger charge is -2.68. The molecule has 13 nitrogen and oxygen atoms in total. The molecule has 5 aliphatic rings. The number of nitrogens with one attached hydrogen (secondary N) is 1. The number of hydrogen-bond donors (Lipinski definition) is 3. The van der Waals surface area contributed by atoms with Gasteiger partial charge < -0.3 is 44.0 Å². The van der Waals surface area contributed by atoms with Crippen molar-refractivity contribution < 1.29 is 57.8 Å². The summed E-state index contributed by atoms with van der Waals surface area (Å²) in [5, 5.41) is 27.1. The molecule has 1 aromatic rings. The summed E-state index contributed by atoms with van der Waals surface area (Å²) < 4.78 is 38.6. The maximum atomic E-state index is 14.5. The quantitative estimate of drug-likeness (QED) is 0.124. The summed E-state index contributed by atoms with van der Waals surface area (Å²) in [7, 11) is 0. The molecule has 1 aliphatic heterocycles. The smallest absolute Gasteiger partial charge is 0.407 e. The van der Waals surface area contributed by atoms with E-state index in [9.17, 15) is 29.4 Å². The van der Waals surface area contributed by atoms with Crippen LogP contribution in [0.25, 0.3) is 0 Å². The van der Waals surface area contributed by atoms with Gasteiger partial charge in [-0.1, -0.05) is 52.5 Å². The van der Waals surface area contributed by atoms with Crippen molar-refractivity contribution in [1.82, 2.24) is 5.32 Å². The first-order chi connectivity index (χ1) is 27.4. The molecule has 0 aromatic heterocycles. The Kier molecular flexibility index (Phi) is 12.1. The Morgan fingerprint density at radius 2 is 1.73 bits per heavy atom. The third kappa shape index (κ3) is 7.74. The Morgan fingerprint density at radius 3 is 2.27 bits per heavy atom. The van der Waals surface area contributed by atoms with Crippen molar-refractivity contribution >= 4 is 24.0 Å². The number of carbonyl (C=O) groups is 4. The molecule has 3 N–H and O–H groups in total. The van der Waals surface area contributed by atoms with Crippen LogP contribution in [0.15, 0.2) is 54.1 Å². The maximum absolute atomic E-state index is 14.5. The molecular weight excluding hydrogens is 759 g/mol. The predicted molar refractivity (Wildman–Crippen MR) is 217 cm³/mol. The molecule has 4 aliphatic carbocycles. The topological polar surface area (TPSA) is 176 Å². The van der Waals surface area contributed by atoms with E-state index in [1.165, 1.54) is 6.92 Å². The van der Waals surface area contributed by atoms with Crippen molar-refractivity contribution in [3.05, 3.63) is 59.7 Å². The molecule has 0 radical (unpaired) electrons. The molecule has 3 unspecified atom stereocenters. The number of esters is 3. The van der Waals surface area contributed by atoms with Gasteiger partial charge in [0.1, 0.15) is 23.4 Å². The summed E-state index contributed by atoms with van der Waals surface area (Å²) in [5.74, 6) is -3.53. The standard InChI is InChI=1S/C46H65NO12/c1-13-33-55-32-22-29-19-20-46(29,58-27(6)48)36-38(57-39(50)28-17-15-14-16-18-28)45(43(10,11)53)23-31(25(4)34(45)26(5)37(56-33)44(32,36)12)54-40(51)35(49)30(21-24(2)3)47-41(52)59-42(7,8)9/h13-18,24,26,29-33,35-38,49,53H,1,19-23H2,2-12H3,(H,47,52)/t26-,29+,30?,31?,32-,33?,35+,36-,37-,38-,44+,45-,46-/m0/s1. The highest BCUT2D eigenvalue weighted by atomic mass is 16.7. The minimum Gasteiger partial charge on any atom is -0.458 e. The fourth-order valence-corrected chi connectivity index (χ4v) is 11.6. The summed E-state index contributed by atoms with van der Waals surface area (Å²) in [6.07, 6.45) is -2.98. The van der Waals surface area contributed by atoms with Gasteiger partial charge in [-0.2, -0.15) is 0 Å². The molecular formula is C46H65NO12. The van der Waals surface area contributed by atoms with Crippen molar-refractivity contribution in [2.45, 2.75) is 168 Å². The van der Waals surface area contributed by atoms with Gasteiger partial charge >= 0.3 is 24.0 Å². The number of amides is 1. The second kappa shape index (κ2) is 15.9. The van der Waals surface area contributed by atoms with Gasteiger partial charge in [-0.3, -0.25) is 4.79 Å². The van der Waals surface area contributed by atoms with Gasteiger partial charge in [0, 0.05) is 36.5 Å². The van der Waals surface area contributed by atoms with E-state index in [0.717, 1.165) is 6.42 Å². The lowest BCUT2D eigenvalue weighted by Crippen LogP contribution is -2.75. The molecule has 4 fully saturated rings. The average molecular weight is 824 g/mol. The number of fused-ring (bicyclic) bond motifs is 3. The summed E-state index contributed by atoms with van der Waals surface area (Å²) in [6, 6.07) is 7.55. The normalized spacial score (nSPS) is 36.0.